The van der Waals surface area contributed by atoms with Gasteiger partial charge >= 0.3 is 12.1 Å². The van der Waals surface area contributed by atoms with Gasteiger partial charge < -0.3 is 25.6 Å². The minimum atomic E-state index is -4.03. The van der Waals surface area contributed by atoms with Gasteiger partial charge in [0.2, 0.25) is 5.96 Å². The first-order chi connectivity index (χ1) is 20.8. The van der Waals surface area contributed by atoms with Gasteiger partial charge in [-0.15, -0.1) is 0 Å². The fourth-order valence-corrected chi connectivity index (χ4v) is 6.18. The highest BCUT2D eigenvalue weighted by Gasteiger charge is 2.30. The first-order valence-electron chi connectivity index (χ1n) is 14.2. The number of carbonyl (C=O) groups excluding carboxylic acids is 1. The van der Waals surface area contributed by atoms with E-state index in [2.05, 4.69) is 15.0 Å². The van der Waals surface area contributed by atoms with E-state index in [1.807, 2.05) is 69.3 Å². The fourth-order valence-electron chi connectivity index (χ4n) is 5.20. The Bertz CT molecular complexity index is 1620. The van der Waals surface area contributed by atoms with Crippen LogP contribution in [0.4, 0.5) is 4.79 Å². The number of sulfonamides is 1. The number of carboxylic acid groups (broad SMARTS) is 1. The summed E-state index contributed by atoms with van der Waals surface area (Å²) < 4.78 is 38.9. The molecule has 0 aliphatic heterocycles. The van der Waals surface area contributed by atoms with E-state index in [0.717, 1.165) is 22.3 Å². The van der Waals surface area contributed by atoms with Crippen LogP contribution < -0.4 is 20.5 Å². The number of carboxylic acids is 1. The van der Waals surface area contributed by atoms with Crippen molar-refractivity contribution in [2.45, 2.75) is 55.9 Å². The summed E-state index contributed by atoms with van der Waals surface area (Å²) in [6.45, 7) is 5.91. The minimum absolute atomic E-state index is 0.000362. The van der Waals surface area contributed by atoms with Gasteiger partial charge in [0.25, 0.3) is 10.0 Å². The Morgan fingerprint density at radius 3 is 2.20 bits per heavy atom. The third-order valence-electron chi connectivity index (χ3n) is 7.40. The van der Waals surface area contributed by atoms with E-state index in [-0.39, 0.29) is 48.2 Å². The molecule has 1 aliphatic carbocycles. The van der Waals surface area contributed by atoms with Gasteiger partial charge in [0.15, 0.2) is 0 Å². The van der Waals surface area contributed by atoms with Crippen LogP contribution in [0.15, 0.2) is 76.6 Å². The second kappa shape index (κ2) is 13.4. The highest BCUT2D eigenvalue weighted by Crippen LogP contribution is 2.44. The van der Waals surface area contributed by atoms with Gasteiger partial charge in [0.05, 0.1) is 12.0 Å². The molecule has 11 nitrogen and oxygen atoms in total. The molecule has 1 aliphatic rings. The molecule has 234 valence electrons. The molecule has 0 fully saturated rings. The lowest BCUT2D eigenvalue weighted by atomic mass is 9.86. The summed E-state index contributed by atoms with van der Waals surface area (Å²) in [7, 11) is -2.51. The monoisotopic (exact) mass is 622 g/mol. The molecule has 0 unspecified atom stereocenters. The number of carbonyl (C=O) groups is 2. The number of rotatable bonds is 11. The molecule has 0 saturated carbocycles. The zero-order chi connectivity index (χ0) is 32.1. The Labute approximate surface area is 257 Å². The second-order valence-corrected chi connectivity index (χ2v) is 13.2. The van der Waals surface area contributed by atoms with Gasteiger partial charge in [-0.2, -0.15) is 0 Å². The summed E-state index contributed by atoms with van der Waals surface area (Å²) in [5, 5.41) is 12.0. The van der Waals surface area contributed by atoms with Crippen molar-refractivity contribution in [3.8, 4) is 16.9 Å². The molecule has 1 amide bonds. The van der Waals surface area contributed by atoms with Crippen molar-refractivity contribution in [3.63, 3.8) is 0 Å². The molecular formula is C32H38N4O7S. The average molecular weight is 623 g/mol. The fraction of sp³-hybridized carbons (Fsp3) is 0.344. The third-order valence-corrected chi connectivity index (χ3v) is 8.75. The van der Waals surface area contributed by atoms with Crippen molar-refractivity contribution in [1.82, 2.24) is 10.0 Å². The van der Waals surface area contributed by atoms with E-state index in [4.69, 9.17) is 15.2 Å². The Balaban J connectivity index is 1.30. The Kier molecular flexibility index (Phi) is 9.83. The molecule has 4 rings (SSSR count). The number of fused-ring (bicyclic) bond motifs is 3. The number of hydrogen-bond donors (Lipinski definition) is 4. The number of nitrogens with one attached hydrogen (secondary N) is 2. The predicted octanol–water partition coefficient (Wildman–Crippen LogP) is 4.36. The van der Waals surface area contributed by atoms with E-state index in [1.165, 1.54) is 19.2 Å². The van der Waals surface area contributed by atoms with E-state index >= 15 is 0 Å². The molecule has 44 heavy (non-hydrogen) atoms. The minimum Gasteiger partial charge on any atom is -0.496 e. The van der Waals surface area contributed by atoms with Crippen molar-refractivity contribution >= 4 is 28.0 Å². The number of amides is 1. The maximum Gasteiger partial charge on any atom is 0.407 e. The van der Waals surface area contributed by atoms with Gasteiger partial charge in [-0.05, 0) is 58.7 Å². The lowest BCUT2D eigenvalue weighted by Gasteiger charge is -2.23. The van der Waals surface area contributed by atoms with Crippen LogP contribution in [0.5, 0.6) is 5.75 Å². The van der Waals surface area contributed by atoms with Crippen molar-refractivity contribution in [2.24, 2.45) is 10.7 Å². The molecule has 0 heterocycles. The third kappa shape index (κ3) is 7.49. The molecule has 0 spiro atoms. The lowest BCUT2D eigenvalue weighted by Crippen LogP contribution is -2.41. The topological polar surface area (TPSA) is 169 Å². The van der Waals surface area contributed by atoms with Crippen LogP contribution in [0.3, 0.4) is 0 Å². The van der Waals surface area contributed by atoms with Crippen molar-refractivity contribution in [1.29, 1.82) is 0 Å². The standard InChI is InChI=1S/C32H38N4O7S/c1-32(2,3)26-18-20(15-16-28(26)42-4)44(40,41)36-30(33)34-17-9-14-27(29(37)38)35-31(39)43-19-25-23-12-7-5-10-21(23)22-11-6-8-13-24(22)25/h5-8,10-13,15-16,18,25,27H,9,14,17,19H2,1-4H3,(H,35,39)(H,37,38)(H3,33,34,36)/t27-/m0/s1. The quantitative estimate of drug-likeness (QED) is 0.139. The van der Waals surface area contributed by atoms with Gasteiger partial charge in [0, 0.05) is 18.0 Å². The number of aliphatic carboxylic acids is 1. The highest BCUT2D eigenvalue weighted by molar-refractivity contribution is 7.90. The number of nitrogens with zero attached hydrogens (tertiary/aromatic N) is 1. The van der Waals surface area contributed by atoms with E-state index in [9.17, 15) is 23.1 Å². The number of hydrogen-bond acceptors (Lipinski definition) is 7. The van der Waals surface area contributed by atoms with Crippen LogP contribution in [-0.4, -0.2) is 57.8 Å². The molecule has 0 radical (unpaired) electrons. The van der Waals surface area contributed by atoms with Crippen molar-refractivity contribution in [3.05, 3.63) is 83.4 Å². The van der Waals surface area contributed by atoms with E-state index < -0.39 is 28.1 Å². The summed E-state index contributed by atoms with van der Waals surface area (Å²) in [5.74, 6) is -1.16. The summed E-state index contributed by atoms with van der Waals surface area (Å²) in [5.41, 5.74) is 10.4. The lowest BCUT2D eigenvalue weighted by molar-refractivity contribution is -0.139. The SMILES string of the molecule is COc1ccc(S(=O)(=O)NC(N)=NCCC[C@H](NC(=O)OCC2c3ccccc3-c3ccccc32)C(=O)O)cc1C(C)(C)C. The van der Waals surface area contributed by atoms with Crippen molar-refractivity contribution < 1.29 is 32.6 Å². The van der Waals surface area contributed by atoms with Crippen LogP contribution in [0.2, 0.25) is 0 Å². The molecule has 3 aromatic carbocycles. The molecule has 0 aromatic heterocycles. The highest BCUT2D eigenvalue weighted by atomic mass is 32.2. The number of benzene rings is 3. The first kappa shape index (κ1) is 32.3. The van der Waals surface area contributed by atoms with Gasteiger partial charge in [0.1, 0.15) is 18.4 Å². The number of ether oxygens (including phenoxy) is 2. The summed E-state index contributed by atoms with van der Waals surface area (Å²) in [6, 6.07) is 19.1. The predicted molar refractivity (Wildman–Crippen MR) is 167 cm³/mol. The molecule has 12 heteroatoms. The molecule has 5 N–H and O–H groups in total. The summed E-state index contributed by atoms with van der Waals surface area (Å²) in [6.07, 6.45) is -0.611. The summed E-state index contributed by atoms with van der Waals surface area (Å²) >= 11 is 0. The number of guanidine groups is 1. The molecule has 1 atom stereocenters. The summed E-state index contributed by atoms with van der Waals surface area (Å²) in [4.78, 5) is 28.4. The normalized spacial score (nSPS) is 13.9. The Morgan fingerprint density at radius 2 is 1.64 bits per heavy atom. The van der Waals surface area contributed by atoms with Gasteiger partial charge in [-0.3, -0.25) is 4.99 Å². The number of alkyl carbamates (subject to hydrolysis) is 1. The Morgan fingerprint density at radius 1 is 1.02 bits per heavy atom. The molecular weight excluding hydrogens is 584 g/mol. The molecule has 0 saturated heterocycles. The first-order valence-corrected chi connectivity index (χ1v) is 15.7. The number of methoxy groups -OCH3 is 1. The van der Waals surface area contributed by atoms with Crippen LogP contribution in [-0.2, 0) is 25.0 Å². The van der Waals surface area contributed by atoms with E-state index in [1.54, 1.807) is 6.07 Å². The van der Waals surface area contributed by atoms with Gasteiger partial charge in [-0.1, -0.05) is 69.3 Å². The second-order valence-electron chi connectivity index (χ2n) is 11.5. The molecule has 3 aromatic rings. The number of nitrogens with two attached hydrogens (primary N) is 1. The number of aliphatic imine (C=N–C) groups is 1. The Hall–Kier alpha value is -4.58. The van der Waals surface area contributed by atoms with Crippen LogP contribution in [0.1, 0.15) is 56.2 Å². The van der Waals surface area contributed by atoms with Crippen LogP contribution in [0, 0.1) is 0 Å². The largest absolute Gasteiger partial charge is 0.496 e. The smallest absolute Gasteiger partial charge is 0.407 e. The maximum absolute atomic E-state index is 12.9. The average Bonchev–Trinajstić information content (AvgIpc) is 3.30. The molecule has 0 bridgehead atoms. The zero-order valence-electron chi connectivity index (χ0n) is 25.2. The van der Waals surface area contributed by atoms with Gasteiger partial charge in [-0.25, -0.2) is 22.7 Å². The zero-order valence-corrected chi connectivity index (χ0v) is 26.0. The maximum atomic E-state index is 12.9. The van der Waals surface area contributed by atoms with Crippen LogP contribution in [0.25, 0.3) is 11.1 Å². The van der Waals surface area contributed by atoms with E-state index in [0.29, 0.717) is 11.3 Å². The van der Waals surface area contributed by atoms with Crippen molar-refractivity contribution in [2.75, 3.05) is 20.3 Å². The van der Waals surface area contributed by atoms with Crippen LogP contribution >= 0.6 is 0 Å².